The number of methoxy groups -OCH3 is 1. The summed E-state index contributed by atoms with van der Waals surface area (Å²) in [7, 11) is 1.65. The van der Waals surface area contributed by atoms with Crippen molar-refractivity contribution < 1.29 is 18.9 Å². The van der Waals surface area contributed by atoms with Crippen LogP contribution in [0.25, 0.3) is 0 Å². The molecule has 0 bridgehead atoms. The van der Waals surface area contributed by atoms with E-state index < -0.39 is 0 Å². The highest BCUT2D eigenvalue weighted by atomic mass is 16.5. The molecule has 0 aromatic heterocycles. The summed E-state index contributed by atoms with van der Waals surface area (Å²) < 4.78 is 20.7. The fourth-order valence-corrected chi connectivity index (χ4v) is 0.983. The summed E-state index contributed by atoms with van der Waals surface area (Å²) in [6.07, 6.45) is 0.516. The Morgan fingerprint density at radius 3 is 2.18 bits per heavy atom. The Balaban J connectivity index is 3.06. The molecule has 0 fully saturated rings. The Bertz CT molecular complexity index is 190. The van der Waals surface area contributed by atoms with Crippen molar-refractivity contribution in [1.82, 2.24) is 0 Å². The predicted octanol–water partition coefficient (Wildman–Crippen LogP) is 0.397. The monoisotopic (exact) mass is 248 g/mol. The molecule has 1 unspecified atom stereocenters. The van der Waals surface area contributed by atoms with Crippen molar-refractivity contribution in [2.24, 2.45) is 5.73 Å². The Morgan fingerprint density at radius 2 is 1.65 bits per heavy atom. The Labute approximate surface area is 103 Å². The minimum absolute atomic E-state index is 0.0385. The average Bonchev–Trinajstić information content (AvgIpc) is 2.31. The maximum atomic E-state index is 7.11. The van der Waals surface area contributed by atoms with Crippen molar-refractivity contribution in [2.75, 3.05) is 46.8 Å². The topological polar surface area (TPSA) is 86.8 Å². The third kappa shape index (κ3) is 11.6. The van der Waals surface area contributed by atoms with E-state index in [0.717, 1.165) is 6.42 Å². The molecule has 17 heavy (non-hydrogen) atoms. The van der Waals surface area contributed by atoms with Crippen molar-refractivity contribution in [2.45, 2.75) is 19.4 Å². The molecule has 0 aliphatic heterocycles. The zero-order valence-corrected chi connectivity index (χ0v) is 10.7. The number of nitrogens with two attached hydrogens (primary N) is 1. The van der Waals surface area contributed by atoms with Crippen molar-refractivity contribution in [1.29, 1.82) is 5.41 Å². The largest absolute Gasteiger partial charge is 0.385 e. The lowest BCUT2D eigenvalue weighted by Crippen LogP contribution is -2.28. The molecule has 0 spiro atoms. The number of hydrogen-bond donors (Lipinski definition) is 2. The maximum absolute atomic E-state index is 7.11. The van der Waals surface area contributed by atoms with Gasteiger partial charge < -0.3 is 24.7 Å². The SMILES string of the molecule is COCCOCCCOCCOC(C)C(=N)N. The molecular formula is C11H24N2O4. The van der Waals surface area contributed by atoms with Gasteiger partial charge in [0.1, 0.15) is 11.9 Å². The van der Waals surface area contributed by atoms with Crippen molar-refractivity contribution in [3.8, 4) is 0 Å². The van der Waals surface area contributed by atoms with Crippen LogP contribution in [-0.2, 0) is 18.9 Å². The molecule has 0 heterocycles. The quantitative estimate of drug-likeness (QED) is 0.296. The highest BCUT2D eigenvalue weighted by Gasteiger charge is 2.03. The lowest BCUT2D eigenvalue weighted by molar-refractivity contribution is 0.0206. The Morgan fingerprint density at radius 1 is 1.06 bits per heavy atom. The molecular weight excluding hydrogens is 224 g/mol. The van der Waals surface area contributed by atoms with Crippen molar-refractivity contribution >= 4 is 5.84 Å². The van der Waals surface area contributed by atoms with Gasteiger partial charge in [0, 0.05) is 20.3 Å². The van der Waals surface area contributed by atoms with E-state index in [-0.39, 0.29) is 11.9 Å². The van der Waals surface area contributed by atoms with E-state index in [1.165, 1.54) is 0 Å². The molecule has 0 aliphatic carbocycles. The van der Waals surface area contributed by atoms with E-state index in [0.29, 0.717) is 39.6 Å². The standard InChI is InChI=1S/C11H24N2O4/c1-10(11(12)13)17-9-8-16-5-3-4-15-7-6-14-2/h10H,3-9H2,1-2H3,(H3,12,13). The molecule has 1 atom stereocenters. The molecule has 6 heteroatoms. The summed E-state index contributed by atoms with van der Waals surface area (Å²) in [6.45, 7) is 5.26. The number of nitrogens with one attached hydrogen (secondary N) is 1. The molecule has 0 radical (unpaired) electrons. The summed E-state index contributed by atoms with van der Waals surface area (Å²) in [5.74, 6) is 0.0385. The first-order valence-corrected chi connectivity index (χ1v) is 5.78. The van der Waals surface area contributed by atoms with Crippen molar-refractivity contribution in [3.63, 3.8) is 0 Å². The van der Waals surface area contributed by atoms with Gasteiger partial charge in [0.15, 0.2) is 0 Å². The molecule has 0 aromatic carbocycles. The summed E-state index contributed by atoms with van der Waals surface area (Å²) in [6, 6.07) is 0. The minimum atomic E-state index is -0.337. The number of hydrogen-bond acceptors (Lipinski definition) is 5. The number of rotatable bonds is 12. The summed E-state index contributed by atoms with van der Waals surface area (Å²) in [5.41, 5.74) is 5.25. The molecule has 0 saturated heterocycles. The molecule has 3 N–H and O–H groups in total. The summed E-state index contributed by atoms with van der Waals surface area (Å²) in [4.78, 5) is 0. The highest BCUT2D eigenvalue weighted by Crippen LogP contribution is 1.90. The van der Waals surface area contributed by atoms with E-state index in [1.54, 1.807) is 14.0 Å². The van der Waals surface area contributed by atoms with Gasteiger partial charge in [0.2, 0.25) is 0 Å². The van der Waals surface area contributed by atoms with Crippen LogP contribution in [0.4, 0.5) is 0 Å². The van der Waals surface area contributed by atoms with Gasteiger partial charge in [0.25, 0.3) is 0 Å². The van der Waals surface area contributed by atoms with Gasteiger partial charge in [-0.2, -0.15) is 0 Å². The second-order valence-corrected chi connectivity index (χ2v) is 3.54. The zero-order valence-electron chi connectivity index (χ0n) is 10.7. The van der Waals surface area contributed by atoms with E-state index in [1.807, 2.05) is 0 Å². The number of ether oxygens (including phenoxy) is 4. The van der Waals surface area contributed by atoms with Gasteiger partial charge in [-0.1, -0.05) is 0 Å². The molecule has 0 rings (SSSR count). The van der Waals surface area contributed by atoms with Crippen LogP contribution in [0.5, 0.6) is 0 Å². The second kappa shape index (κ2) is 11.8. The third-order valence-electron chi connectivity index (χ3n) is 2.04. The van der Waals surface area contributed by atoms with Crippen LogP contribution < -0.4 is 5.73 Å². The lowest BCUT2D eigenvalue weighted by Gasteiger charge is -2.11. The third-order valence-corrected chi connectivity index (χ3v) is 2.04. The van der Waals surface area contributed by atoms with Gasteiger partial charge in [-0.25, -0.2) is 0 Å². The van der Waals surface area contributed by atoms with Crippen LogP contribution in [0.1, 0.15) is 13.3 Å². The molecule has 6 nitrogen and oxygen atoms in total. The van der Waals surface area contributed by atoms with Crippen LogP contribution in [0.3, 0.4) is 0 Å². The first-order chi connectivity index (χ1) is 8.18. The van der Waals surface area contributed by atoms with E-state index >= 15 is 0 Å². The fourth-order valence-electron chi connectivity index (χ4n) is 0.983. The average molecular weight is 248 g/mol. The molecule has 0 amide bonds. The van der Waals surface area contributed by atoms with Gasteiger partial charge >= 0.3 is 0 Å². The van der Waals surface area contributed by atoms with Crippen LogP contribution >= 0.6 is 0 Å². The predicted molar refractivity (Wildman–Crippen MR) is 65.5 cm³/mol. The summed E-state index contributed by atoms with van der Waals surface area (Å²) >= 11 is 0. The van der Waals surface area contributed by atoms with E-state index in [9.17, 15) is 0 Å². The van der Waals surface area contributed by atoms with Gasteiger partial charge in [-0.05, 0) is 13.3 Å². The first kappa shape index (κ1) is 16.3. The molecule has 0 saturated carbocycles. The maximum Gasteiger partial charge on any atom is 0.120 e. The first-order valence-electron chi connectivity index (χ1n) is 5.78. The highest BCUT2D eigenvalue weighted by molar-refractivity contribution is 5.81. The fraction of sp³-hybridized carbons (Fsp3) is 0.909. The minimum Gasteiger partial charge on any atom is -0.385 e. The van der Waals surface area contributed by atoms with Gasteiger partial charge in [-0.3, -0.25) is 5.41 Å². The molecule has 0 aromatic rings. The summed E-state index contributed by atoms with van der Waals surface area (Å²) in [5, 5.41) is 7.11. The van der Waals surface area contributed by atoms with Crippen molar-refractivity contribution in [3.05, 3.63) is 0 Å². The van der Waals surface area contributed by atoms with Crippen LogP contribution in [0.15, 0.2) is 0 Å². The number of amidine groups is 1. The second-order valence-electron chi connectivity index (χ2n) is 3.54. The molecule has 102 valence electrons. The van der Waals surface area contributed by atoms with E-state index in [2.05, 4.69) is 0 Å². The lowest BCUT2D eigenvalue weighted by atomic mass is 10.4. The van der Waals surface area contributed by atoms with Gasteiger partial charge in [0.05, 0.1) is 26.4 Å². The van der Waals surface area contributed by atoms with Crippen LogP contribution in [0, 0.1) is 5.41 Å². The van der Waals surface area contributed by atoms with Gasteiger partial charge in [-0.15, -0.1) is 0 Å². The Hall–Kier alpha value is -0.690. The Kier molecular flexibility index (Phi) is 11.3. The van der Waals surface area contributed by atoms with Crippen LogP contribution in [-0.4, -0.2) is 58.7 Å². The smallest absolute Gasteiger partial charge is 0.120 e. The zero-order chi connectivity index (χ0) is 12.9. The van der Waals surface area contributed by atoms with Crippen LogP contribution in [0.2, 0.25) is 0 Å². The van der Waals surface area contributed by atoms with E-state index in [4.69, 9.17) is 30.1 Å². The normalized spacial score (nSPS) is 12.6. The molecule has 0 aliphatic rings.